The summed E-state index contributed by atoms with van der Waals surface area (Å²) >= 11 is 0. The van der Waals surface area contributed by atoms with Crippen molar-refractivity contribution in [3.05, 3.63) is 34.4 Å². The average Bonchev–Trinajstić information content (AvgIpc) is 2.91. The molecule has 0 saturated heterocycles. The molecule has 0 bridgehead atoms. The van der Waals surface area contributed by atoms with E-state index in [0.717, 1.165) is 19.3 Å². The topological polar surface area (TPSA) is 0 Å². The Morgan fingerprint density at radius 2 is 1.62 bits per heavy atom. The normalized spacial score (nSPS) is 15.3. The van der Waals surface area contributed by atoms with Crippen molar-refractivity contribution in [3.63, 3.8) is 0 Å². The molecule has 1 unspecified atom stereocenters. The van der Waals surface area contributed by atoms with Crippen molar-refractivity contribution < 1.29 is 0 Å². The third-order valence-corrected chi connectivity index (χ3v) is 4.56. The van der Waals surface area contributed by atoms with Crippen LogP contribution in [0.2, 0.25) is 0 Å². The summed E-state index contributed by atoms with van der Waals surface area (Å²) in [4.78, 5) is 0. The SMILES string of the molecule is CCC(C)C#Cc1ccc(C#CS(C)(C)C)c2c1CCC2. The van der Waals surface area contributed by atoms with Gasteiger partial charge in [0.15, 0.2) is 0 Å². The number of hydrogen-bond acceptors (Lipinski definition) is 0. The highest BCUT2D eigenvalue weighted by Gasteiger charge is 2.17. The van der Waals surface area contributed by atoms with Crippen LogP contribution in [-0.4, -0.2) is 18.8 Å². The van der Waals surface area contributed by atoms with Crippen LogP contribution in [0.3, 0.4) is 0 Å². The Morgan fingerprint density at radius 3 is 2.14 bits per heavy atom. The summed E-state index contributed by atoms with van der Waals surface area (Å²) in [6.45, 7) is 4.39. The third kappa shape index (κ3) is 4.33. The fraction of sp³-hybridized carbons (Fsp3) is 0.500. The Balaban J connectivity index is 2.39. The Morgan fingerprint density at radius 1 is 1.05 bits per heavy atom. The molecule has 0 N–H and O–H groups in total. The summed E-state index contributed by atoms with van der Waals surface area (Å²) in [5, 5.41) is 3.44. The standard InChI is InChI=1S/C20H26S/c1-6-16(2)10-11-17-12-13-18(14-15-21(3,4)5)20-9-7-8-19(17)20/h12-13,16H,6-9H2,1-5H3. The van der Waals surface area contributed by atoms with Crippen molar-refractivity contribution >= 4 is 10.0 Å². The van der Waals surface area contributed by atoms with Crippen molar-refractivity contribution in [2.45, 2.75) is 39.5 Å². The van der Waals surface area contributed by atoms with Crippen LogP contribution in [0.5, 0.6) is 0 Å². The molecule has 0 aliphatic heterocycles. The van der Waals surface area contributed by atoms with Gasteiger partial charge in [-0.2, -0.15) is 10.0 Å². The highest BCUT2D eigenvalue weighted by Crippen LogP contribution is 2.33. The van der Waals surface area contributed by atoms with E-state index in [2.05, 4.69) is 67.8 Å². The summed E-state index contributed by atoms with van der Waals surface area (Å²) in [7, 11) is -0.764. The predicted octanol–water partition coefficient (Wildman–Crippen LogP) is 4.58. The van der Waals surface area contributed by atoms with Gasteiger partial charge in [0.05, 0.1) is 0 Å². The predicted molar refractivity (Wildman–Crippen MR) is 97.0 cm³/mol. The second kappa shape index (κ2) is 6.64. The summed E-state index contributed by atoms with van der Waals surface area (Å²) < 4.78 is 0. The molecule has 0 fully saturated rings. The van der Waals surface area contributed by atoms with Gasteiger partial charge in [0, 0.05) is 17.0 Å². The van der Waals surface area contributed by atoms with E-state index in [-0.39, 0.29) is 0 Å². The van der Waals surface area contributed by atoms with Crippen molar-refractivity contribution in [2.24, 2.45) is 5.92 Å². The number of rotatable bonds is 1. The van der Waals surface area contributed by atoms with Crippen LogP contribution in [0.4, 0.5) is 0 Å². The summed E-state index contributed by atoms with van der Waals surface area (Å²) in [5.41, 5.74) is 5.39. The van der Waals surface area contributed by atoms with E-state index in [1.807, 2.05) is 0 Å². The van der Waals surface area contributed by atoms with Crippen molar-refractivity contribution in [2.75, 3.05) is 18.8 Å². The quantitative estimate of drug-likeness (QED) is 0.666. The molecule has 0 radical (unpaired) electrons. The fourth-order valence-corrected chi connectivity index (χ4v) is 2.87. The lowest BCUT2D eigenvalue weighted by molar-refractivity contribution is 0.723. The van der Waals surface area contributed by atoms with E-state index in [9.17, 15) is 0 Å². The van der Waals surface area contributed by atoms with Gasteiger partial charge in [-0.1, -0.05) is 31.6 Å². The lowest BCUT2D eigenvalue weighted by Crippen LogP contribution is -1.94. The van der Waals surface area contributed by atoms with Gasteiger partial charge in [0.2, 0.25) is 0 Å². The monoisotopic (exact) mass is 298 g/mol. The highest BCUT2D eigenvalue weighted by molar-refractivity contribution is 8.35. The van der Waals surface area contributed by atoms with Crippen LogP contribution in [0, 0.1) is 28.9 Å². The van der Waals surface area contributed by atoms with E-state index < -0.39 is 10.0 Å². The molecule has 1 atom stereocenters. The van der Waals surface area contributed by atoms with Crippen molar-refractivity contribution in [1.29, 1.82) is 0 Å². The van der Waals surface area contributed by atoms with E-state index in [0.29, 0.717) is 5.92 Å². The molecule has 0 aromatic heterocycles. The lowest BCUT2D eigenvalue weighted by atomic mass is 9.98. The molecule has 0 nitrogen and oxygen atoms in total. The number of fused-ring (bicyclic) bond motifs is 1. The second-order valence-corrected chi connectivity index (χ2v) is 10.5. The zero-order valence-corrected chi connectivity index (χ0v) is 14.8. The number of hydrogen-bond donors (Lipinski definition) is 0. The molecular weight excluding hydrogens is 272 g/mol. The first-order chi connectivity index (χ1) is 9.90. The van der Waals surface area contributed by atoms with Crippen LogP contribution >= 0.6 is 10.0 Å². The van der Waals surface area contributed by atoms with E-state index in [1.54, 1.807) is 0 Å². The Labute approximate surface area is 132 Å². The Bertz CT molecular complexity index is 639. The van der Waals surface area contributed by atoms with Crippen LogP contribution in [0.1, 0.15) is 48.9 Å². The molecule has 1 heteroatoms. The van der Waals surface area contributed by atoms with E-state index >= 15 is 0 Å². The first-order valence-corrected chi connectivity index (χ1v) is 10.6. The van der Waals surface area contributed by atoms with Gasteiger partial charge < -0.3 is 0 Å². The zero-order chi connectivity index (χ0) is 15.5. The molecule has 0 heterocycles. The molecule has 1 aromatic rings. The molecule has 1 aliphatic carbocycles. The molecule has 112 valence electrons. The molecule has 21 heavy (non-hydrogen) atoms. The Kier molecular flexibility index (Phi) is 5.08. The molecule has 2 rings (SSSR count). The summed E-state index contributed by atoms with van der Waals surface area (Å²) in [6.07, 6.45) is 11.4. The smallest absolute Gasteiger partial charge is 0.0289 e. The van der Waals surface area contributed by atoms with E-state index in [1.165, 1.54) is 28.7 Å². The van der Waals surface area contributed by atoms with Crippen molar-refractivity contribution in [1.82, 2.24) is 0 Å². The minimum absolute atomic E-state index is 0.478. The molecular formula is C20H26S. The summed E-state index contributed by atoms with van der Waals surface area (Å²) in [5.74, 6) is 10.7. The van der Waals surface area contributed by atoms with Gasteiger partial charge in [0.25, 0.3) is 0 Å². The van der Waals surface area contributed by atoms with Crippen LogP contribution < -0.4 is 0 Å². The molecule has 1 aliphatic rings. The highest BCUT2D eigenvalue weighted by atomic mass is 32.3. The average molecular weight is 298 g/mol. The zero-order valence-electron chi connectivity index (χ0n) is 14.0. The molecule has 0 saturated carbocycles. The molecule has 1 aromatic carbocycles. The maximum Gasteiger partial charge on any atom is 0.0289 e. The largest absolute Gasteiger partial charge is 0.186 e. The minimum atomic E-state index is -0.764. The Hall–Kier alpha value is -1.31. The molecule has 0 spiro atoms. The van der Waals surface area contributed by atoms with Gasteiger partial charge in [-0.15, -0.1) is 0 Å². The van der Waals surface area contributed by atoms with Crippen LogP contribution in [0.25, 0.3) is 0 Å². The second-order valence-electron chi connectivity index (χ2n) is 6.61. The molecule has 0 amide bonds. The van der Waals surface area contributed by atoms with Crippen LogP contribution in [-0.2, 0) is 12.8 Å². The van der Waals surface area contributed by atoms with Gasteiger partial charge in [-0.05, 0) is 73.0 Å². The van der Waals surface area contributed by atoms with E-state index in [4.69, 9.17) is 0 Å². The lowest BCUT2D eigenvalue weighted by Gasteiger charge is -2.15. The van der Waals surface area contributed by atoms with Gasteiger partial charge in [-0.3, -0.25) is 0 Å². The van der Waals surface area contributed by atoms with Crippen molar-refractivity contribution in [3.8, 4) is 23.0 Å². The van der Waals surface area contributed by atoms with Gasteiger partial charge >= 0.3 is 0 Å². The maximum absolute atomic E-state index is 3.44. The first kappa shape index (κ1) is 16.1. The third-order valence-electron chi connectivity index (χ3n) is 3.84. The van der Waals surface area contributed by atoms with Crippen LogP contribution in [0.15, 0.2) is 12.1 Å². The van der Waals surface area contributed by atoms with Gasteiger partial charge in [0.1, 0.15) is 0 Å². The summed E-state index contributed by atoms with van der Waals surface area (Å²) in [6, 6.07) is 4.37. The first-order valence-electron chi connectivity index (χ1n) is 7.78. The van der Waals surface area contributed by atoms with Gasteiger partial charge in [-0.25, -0.2) is 0 Å². The fourth-order valence-electron chi connectivity index (χ4n) is 2.45. The minimum Gasteiger partial charge on any atom is -0.186 e. The number of benzene rings is 1. The maximum atomic E-state index is 3.44.